The Morgan fingerprint density at radius 1 is 1.22 bits per heavy atom. The second kappa shape index (κ2) is 6.03. The van der Waals surface area contributed by atoms with Crippen molar-refractivity contribution in [3.8, 4) is 0 Å². The molecule has 2 rings (SSSR count). The quantitative estimate of drug-likeness (QED) is 0.841. The molecule has 4 nitrogen and oxygen atoms in total. The molecule has 0 amide bonds. The van der Waals surface area contributed by atoms with Gasteiger partial charge in [0.1, 0.15) is 18.0 Å². The van der Waals surface area contributed by atoms with E-state index >= 15 is 0 Å². The molecule has 0 aliphatic heterocycles. The second-order valence-corrected chi connectivity index (χ2v) is 5.39. The third-order valence-corrected chi connectivity index (χ3v) is 3.79. The van der Waals surface area contributed by atoms with E-state index in [0.717, 1.165) is 42.1 Å². The van der Waals surface area contributed by atoms with Crippen molar-refractivity contribution in [2.24, 2.45) is 11.8 Å². The van der Waals surface area contributed by atoms with Crippen LogP contribution in [0.1, 0.15) is 38.7 Å². The summed E-state index contributed by atoms with van der Waals surface area (Å²) in [6.07, 6.45) is 5.69. The number of hydrogen-bond acceptors (Lipinski definition) is 4. The zero-order valence-corrected chi connectivity index (χ0v) is 11.7. The molecule has 0 bridgehead atoms. The maximum Gasteiger partial charge on any atom is 0.134 e. The second-order valence-electron chi connectivity index (χ2n) is 5.39. The molecule has 0 spiro atoms. The maximum atomic E-state index is 4.34. The lowest BCUT2D eigenvalue weighted by atomic mass is 10.1. The van der Waals surface area contributed by atoms with Crippen molar-refractivity contribution in [1.29, 1.82) is 0 Å². The zero-order chi connectivity index (χ0) is 13.0. The Morgan fingerprint density at radius 2 is 1.94 bits per heavy atom. The first-order valence-corrected chi connectivity index (χ1v) is 7.00. The van der Waals surface area contributed by atoms with Crippen molar-refractivity contribution in [2.75, 3.05) is 23.7 Å². The predicted molar refractivity (Wildman–Crippen MR) is 75.9 cm³/mol. The fourth-order valence-electron chi connectivity index (χ4n) is 2.73. The molecule has 0 saturated heterocycles. The van der Waals surface area contributed by atoms with Crippen LogP contribution >= 0.6 is 0 Å². The fraction of sp³-hybridized carbons (Fsp3) is 0.714. The van der Waals surface area contributed by atoms with Gasteiger partial charge < -0.3 is 10.6 Å². The summed E-state index contributed by atoms with van der Waals surface area (Å²) in [4.78, 5) is 8.60. The highest BCUT2D eigenvalue weighted by Gasteiger charge is 2.21. The maximum absolute atomic E-state index is 4.34. The lowest BCUT2D eigenvalue weighted by Gasteiger charge is -2.15. The standard InChI is InChI=1S/C14H24N4/c1-4-15-13-11(3)14(18-9-17-13)16-8-12-6-5-10(2)7-12/h9-10,12H,4-8H2,1-3H3,(H2,15,16,17,18). The minimum Gasteiger partial charge on any atom is -0.370 e. The Labute approximate surface area is 110 Å². The Morgan fingerprint density at radius 3 is 2.56 bits per heavy atom. The van der Waals surface area contributed by atoms with E-state index in [0.29, 0.717) is 0 Å². The summed E-state index contributed by atoms with van der Waals surface area (Å²) in [6.45, 7) is 8.41. The van der Waals surface area contributed by atoms with E-state index in [2.05, 4.69) is 41.4 Å². The highest BCUT2D eigenvalue weighted by atomic mass is 15.1. The van der Waals surface area contributed by atoms with E-state index in [4.69, 9.17) is 0 Å². The molecule has 4 heteroatoms. The largest absolute Gasteiger partial charge is 0.370 e. The van der Waals surface area contributed by atoms with Crippen LogP contribution in [-0.4, -0.2) is 23.1 Å². The molecule has 2 unspecified atom stereocenters. The molecular formula is C14H24N4. The molecule has 1 aromatic heterocycles. The molecule has 0 radical (unpaired) electrons. The Hall–Kier alpha value is -1.32. The minimum absolute atomic E-state index is 0.803. The van der Waals surface area contributed by atoms with Crippen LogP contribution in [0.4, 0.5) is 11.6 Å². The van der Waals surface area contributed by atoms with Crippen molar-refractivity contribution >= 4 is 11.6 Å². The van der Waals surface area contributed by atoms with Crippen molar-refractivity contribution in [2.45, 2.75) is 40.0 Å². The molecule has 1 saturated carbocycles. The molecule has 100 valence electrons. The van der Waals surface area contributed by atoms with Gasteiger partial charge >= 0.3 is 0 Å². The number of anilines is 2. The SMILES string of the molecule is CCNc1ncnc(NCC2CCC(C)C2)c1C. The van der Waals surface area contributed by atoms with Crippen LogP contribution in [-0.2, 0) is 0 Å². The van der Waals surface area contributed by atoms with Gasteiger partial charge in [-0.05, 0) is 38.5 Å². The highest BCUT2D eigenvalue weighted by molar-refractivity contribution is 5.56. The summed E-state index contributed by atoms with van der Waals surface area (Å²) in [5.41, 5.74) is 1.12. The van der Waals surface area contributed by atoms with E-state index in [1.807, 2.05) is 0 Å². The van der Waals surface area contributed by atoms with Crippen molar-refractivity contribution < 1.29 is 0 Å². The molecule has 0 aromatic carbocycles. The molecule has 1 heterocycles. The van der Waals surface area contributed by atoms with E-state index in [-0.39, 0.29) is 0 Å². The van der Waals surface area contributed by atoms with Crippen LogP contribution in [0.2, 0.25) is 0 Å². The van der Waals surface area contributed by atoms with Gasteiger partial charge in [0, 0.05) is 18.7 Å². The van der Waals surface area contributed by atoms with Crippen LogP contribution in [0, 0.1) is 18.8 Å². The van der Waals surface area contributed by atoms with Crippen molar-refractivity contribution in [1.82, 2.24) is 9.97 Å². The van der Waals surface area contributed by atoms with Gasteiger partial charge in [-0.15, -0.1) is 0 Å². The first-order chi connectivity index (χ1) is 8.70. The summed E-state index contributed by atoms with van der Waals surface area (Å²) in [6, 6.07) is 0. The number of nitrogens with zero attached hydrogens (tertiary/aromatic N) is 2. The first-order valence-electron chi connectivity index (χ1n) is 7.00. The average molecular weight is 248 g/mol. The van der Waals surface area contributed by atoms with E-state index in [9.17, 15) is 0 Å². The normalized spacial score (nSPS) is 23.1. The van der Waals surface area contributed by atoms with E-state index in [1.165, 1.54) is 19.3 Å². The van der Waals surface area contributed by atoms with Gasteiger partial charge in [-0.2, -0.15) is 0 Å². The predicted octanol–water partition coefficient (Wildman–Crippen LogP) is 3.06. The number of aromatic nitrogens is 2. The molecule has 18 heavy (non-hydrogen) atoms. The van der Waals surface area contributed by atoms with Crippen molar-refractivity contribution in [3.05, 3.63) is 11.9 Å². The number of rotatable bonds is 5. The summed E-state index contributed by atoms with van der Waals surface area (Å²) in [5.74, 6) is 3.60. The van der Waals surface area contributed by atoms with Gasteiger partial charge in [-0.3, -0.25) is 0 Å². The van der Waals surface area contributed by atoms with Crippen molar-refractivity contribution in [3.63, 3.8) is 0 Å². The first kappa shape index (κ1) is 13.1. The third-order valence-electron chi connectivity index (χ3n) is 3.79. The minimum atomic E-state index is 0.803. The highest BCUT2D eigenvalue weighted by Crippen LogP contribution is 2.30. The summed E-state index contributed by atoms with van der Waals surface area (Å²) < 4.78 is 0. The van der Waals surface area contributed by atoms with Crippen LogP contribution < -0.4 is 10.6 Å². The molecule has 1 fully saturated rings. The molecule has 1 aromatic rings. The van der Waals surface area contributed by atoms with Gasteiger partial charge in [0.15, 0.2) is 0 Å². The lowest BCUT2D eigenvalue weighted by Crippen LogP contribution is -2.14. The summed E-state index contributed by atoms with van der Waals surface area (Å²) >= 11 is 0. The van der Waals surface area contributed by atoms with Gasteiger partial charge in [0.05, 0.1) is 0 Å². The summed E-state index contributed by atoms with van der Waals surface area (Å²) in [7, 11) is 0. The molecule has 2 N–H and O–H groups in total. The van der Waals surface area contributed by atoms with Crippen LogP contribution in [0.5, 0.6) is 0 Å². The van der Waals surface area contributed by atoms with Gasteiger partial charge in [-0.1, -0.05) is 13.3 Å². The number of hydrogen-bond donors (Lipinski definition) is 2. The Balaban J connectivity index is 1.94. The molecule has 1 aliphatic carbocycles. The van der Waals surface area contributed by atoms with E-state index < -0.39 is 0 Å². The Kier molecular flexibility index (Phi) is 4.39. The topological polar surface area (TPSA) is 49.8 Å². The lowest BCUT2D eigenvalue weighted by molar-refractivity contribution is 0.536. The van der Waals surface area contributed by atoms with E-state index in [1.54, 1.807) is 6.33 Å². The zero-order valence-electron chi connectivity index (χ0n) is 11.7. The van der Waals surface area contributed by atoms with Crippen LogP contribution in [0.15, 0.2) is 6.33 Å². The monoisotopic (exact) mass is 248 g/mol. The van der Waals surface area contributed by atoms with Crippen LogP contribution in [0.3, 0.4) is 0 Å². The third kappa shape index (κ3) is 3.12. The summed E-state index contributed by atoms with van der Waals surface area (Å²) in [5, 5.41) is 6.74. The van der Waals surface area contributed by atoms with Gasteiger partial charge in [-0.25, -0.2) is 9.97 Å². The van der Waals surface area contributed by atoms with Gasteiger partial charge in [0.2, 0.25) is 0 Å². The molecule has 1 aliphatic rings. The molecular weight excluding hydrogens is 224 g/mol. The number of nitrogens with one attached hydrogen (secondary N) is 2. The van der Waals surface area contributed by atoms with Gasteiger partial charge in [0.25, 0.3) is 0 Å². The molecule has 2 atom stereocenters. The smallest absolute Gasteiger partial charge is 0.134 e. The average Bonchev–Trinajstić information content (AvgIpc) is 2.77. The fourth-order valence-corrected chi connectivity index (χ4v) is 2.73. The Bertz CT molecular complexity index is 391. The van der Waals surface area contributed by atoms with Crippen LogP contribution in [0.25, 0.3) is 0 Å².